The van der Waals surface area contributed by atoms with Crippen LogP contribution in [0.4, 0.5) is 11.6 Å². The van der Waals surface area contributed by atoms with Crippen molar-refractivity contribution in [3.63, 3.8) is 0 Å². The Morgan fingerprint density at radius 2 is 1.95 bits per heavy atom. The van der Waals surface area contributed by atoms with E-state index in [4.69, 9.17) is 0 Å². The minimum Gasteiger partial charge on any atom is -0.370 e. The van der Waals surface area contributed by atoms with E-state index in [1.54, 1.807) is 24.5 Å². The number of rotatable bonds is 4. The maximum atomic E-state index is 12.3. The molecule has 0 bridgehead atoms. The number of halogens is 2. The standard InChI is InChI=1S/C13H12Br2N4O/c1-2-16-12-10(5-9(15)7-18-12)13(20)19-11-4-3-8(14)6-17-11/h3-7H,2H2,1H3,(H,16,18)(H,17,19,20). The molecule has 104 valence electrons. The van der Waals surface area contributed by atoms with E-state index in [-0.39, 0.29) is 5.91 Å². The van der Waals surface area contributed by atoms with Gasteiger partial charge in [-0.3, -0.25) is 4.79 Å². The summed E-state index contributed by atoms with van der Waals surface area (Å²) < 4.78 is 1.60. The van der Waals surface area contributed by atoms with E-state index in [9.17, 15) is 4.79 Å². The Kier molecular flexibility index (Phi) is 5.08. The van der Waals surface area contributed by atoms with Crippen molar-refractivity contribution in [2.45, 2.75) is 6.92 Å². The molecule has 0 radical (unpaired) electrons. The molecule has 5 nitrogen and oxygen atoms in total. The van der Waals surface area contributed by atoms with Crippen LogP contribution in [0.1, 0.15) is 17.3 Å². The molecule has 0 atom stereocenters. The minimum atomic E-state index is -0.260. The minimum absolute atomic E-state index is 0.260. The van der Waals surface area contributed by atoms with Gasteiger partial charge in [0.15, 0.2) is 0 Å². The van der Waals surface area contributed by atoms with E-state index in [0.717, 1.165) is 8.95 Å². The van der Waals surface area contributed by atoms with E-state index in [2.05, 4.69) is 52.5 Å². The maximum Gasteiger partial charge on any atom is 0.260 e. The van der Waals surface area contributed by atoms with Crippen LogP contribution in [0, 0.1) is 0 Å². The first-order valence-electron chi connectivity index (χ1n) is 5.92. The first-order valence-corrected chi connectivity index (χ1v) is 7.51. The molecule has 0 fully saturated rings. The van der Waals surface area contributed by atoms with Gasteiger partial charge < -0.3 is 10.6 Å². The van der Waals surface area contributed by atoms with E-state index in [0.29, 0.717) is 23.7 Å². The second-order valence-corrected chi connectivity index (χ2v) is 5.73. The van der Waals surface area contributed by atoms with E-state index >= 15 is 0 Å². The molecule has 1 amide bonds. The summed E-state index contributed by atoms with van der Waals surface area (Å²) >= 11 is 6.62. The number of nitrogens with zero attached hydrogens (tertiary/aromatic N) is 2. The molecule has 0 saturated carbocycles. The summed E-state index contributed by atoms with van der Waals surface area (Å²) in [4.78, 5) is 20.6. The average molecular weight is 400 g/mol. The van der Waals surface area contributed by atoms with Crippen LogP contribution in [0.5, 0.6) is 0 Å². The Hall–Kier alpha value is -1.47. The van der Waals surface area contributed by atoms with Gasteiger partial charge in [0.1, 0.15) is 11.6 Å². The van der Waals surface area contributed by atoms with Crippen LogP contribution in [0.3, 0.4) is 0 Å². The van der Waals surface area contributed by atoms with Crippen LogP contribution in [0.2, 0.25) is 0 Å². The van der Waals surface area contributed by atoms with Gasteiger partial charge in [-0.1, -0.05) is 0 Å². The van der Waals surface area contributed by atoms with Gasteiger partial charge >= 0.3 is 0 Å². The molecule has 0 spiro atoms. The Balaban J connectivity index is 2.23. The summed E-state index contributed by atoms with van der Waals surface area (Å²) in [6.07, 6.45) is 3.27. The van der Waals surface area contributed by atoms with E-state index < -0.39 is 0 Å². The summed E-state index contributed by atoms with van der Waals surface area (Å²) in [5, 5.41) is 5.80. The fourth-order valence-corrected chi connectivity index (χ4v) is 2.12. The molecule has 2 aromatic heterocycles. The lowest BCUT2D eigenvalue weighted by Crippen LogP contribution is -2.16. The third kappa shape index (κ3) is 3.77. The van der Waals surface area contributed by atoms with Crippen LogP contribution in [0.15, 0.2) is 39.5 Å². The van der Waals surface area contributed by atoms with Crippen LogP contribution in [0.25, 0.3) is 0 Å². The molecule has 20 heavy (non-hydrogen) atoms. The highest BCUT2D eigenvalue weighted by Crippen LogP contribution is 2.19. The number of hydrogen-bond donors (Lipinski definition) is 2. The summed E-state index contributed by atoms with van der Waals surface area (Å²) in [5.41, 5.74) is 0.464. The predicted octanol–water partition coefficient (Wildman–Crippen LogP) is 3.69. The lowest BCUT2D eigenvalue weighted by Gasteiger charge is -2.10. The molecule has 2 N–H and O–H groups in total. The predicted molar refractivity (Wildman–Crippen MR) is 86.0 cm³/mol. The molecule has 2 heterocycles. The second-order valence-electron chi connectivity index (χ2n) is 3.90. The van der Waals surface area contributed by atoms with Crippen molar-refractivity contribution >= 4 is 49.4 Å². The summed E-state index contributed by atoms with van der Waals surface area (Å²) in [7, 11) is 0. The molecule has 0 unspecified atom stereocenters. The molecule has 0 aliphatic heterocycles. The third-order valence-electron chi connectivity index (χ3n) is 2.41. The number of aromatic nitrogens is 2. The highest BCUT2D eigenvalue weighted by Gasteiger charge is 2.13. The van der Waals surface area contributed by atoms with Gasteiger partial charge in [0.05, 0.1) is 5.56 Å². The van der Waals surface area contributed by atoms with Crippen molar-refractivity contribution in [2.75, 3.05) is 17.2 Å². The van der Waals surface area contributed by atoms with Crippen molar-refractivity contribution in [2.24, 2.45) is 0 Å². The number of pyridine rings is 2. The topological polar surface area (TPSA) is 66.9 Å². The molecule has 2 rings (SSSR count). The molecular weight excluding hydrogens is 388 g/mol. The number of anilines is 2. The molecule has 0 aliphatic carbocycles. The molecule has 2 aromatic rings. The molecular formula is C13H12Br2N4O. The first-order chi connectivity index (χ1) is 9.60. The average Bonchev–Trinajstić information content (AvgIpc) is 2.43. The number of nitrogens with one attached hydrogen (secondary N) is 2. The Morgan fingerprint density at radius 1 is 1.20 bits per heavy atom. The van der Waals surface area contributed by atoms with Gasteiger partial charge in [-0.05, 0) is 57.0 Å². The first kappa shape index (κ1) is 14.9. The quantitative estimate of drug-likeness (QED) is 0.822. The number of carbonyl (C=O) groups is 1. The van der Waals surface area contributed by atoms with Crippen LogP contribution in [-0.2, 0) is 0 Å². The number of amides is 1. The fourth-order valence-electron chi connectivity index (χ4n) is 1.55. The smallest absolute Gasteiger partial charge is 0.260 e. The lowest BCUT2D eigenvalue weighted by atomic mass is 10.2. The second kappa shape index (κ2) is 6.81. The number of carbonyl (C=O) groups excluding carboxylic acids is 1. The zero-order valence-corrected chi connectivity index (χ0v) is 13.8. The highest BCUT2D eigenvalue weighted by atomic mass is 79.9. The van der Waals surface area contributed by atoms with Crippen LogP contribution >= 0.6 is 31.9 Å². The van der Waals surface area contributed by atoms with E-state index in [1.165, 1.54) is 0 Å². The van der Waals surface area contributed by atoms with Crippen molar-refractivity contribution in [1.29, 1.82) is 0 Å². The zero-order valence-electron chi connectivity index (χ0n) is 10.7. The zero-order chi connectivity index (χ0) is 14.5. The lowest BCUT2D eigenvalue weighted by molar-refractivity contribution is 0.102. The van der Waals surface area contributed by atoms with Crippen molar-refractivity contribution in [3.05, 3.63) is 45.1 Å². The Labute approximate surface area is 133 Å². The van der Waals surface area contributed by atoms with Gasteiger partial charge in [0.25, 0.3) is 5.91 Å². The van der Waals surface area contributed by atoms with Gasteiger partial charge in [-0.2, -0.15) is 0 Å². The van der Waals surface area contributed by atoms with Crippen molar-refractivity contribution in [3.8, 4) is 0 Å². The Bertz CT molecular complexity index is 616. The van der Waals surface area contributed by atoms with Crippen LogP contribution < -0.4 is 10.6 Å². The van der Waals surface area contributed by atoms with Gasteiger partial charge in [-0.15, -0.1) is 0 Å². The van der Waals surface area contributed by atoms with Gasteiger partial charge in [-0.25, -0.2) is 9.97 Å². The highest BCUT2D eigenvalue weighted by molar-refractivity contribution is 9.10. The summed E-state index contributed by atoms with van der Waals surface area (Å²) in [6.45, 7) is 2.63. The van der Waals surface area contributed by atoms with Gasteiger partial charge in [0.2, 0.25) is 0 Å². The molecule has 7 heteroatoms. The third-order valence-corrected chi connectivity index (χ3v) is 3.31. The molecule has 0 saturated heterocycles. The summed E-state index contributed by atoms with van der Waals surface area (Å²) in [6, 6.07) is 5.26. The summed E-state index contributed by atoms with van der Waals surface area (Å²) in [5.74, 6) is 0.774. The largest absolute Gasteiger partial charge is 0.370 e. The molecule has 0 aromatic carbocycles. The normalized spacial score (nSPS) is 10.2. The number of hydrogen-bond acceptors (Lipinski definition) is 4. The Morgan fingerprint density at radius 3 is 2.60 bits per heavy atom. The van der Waals surface area contributed by atoms with Gasteiger partial charge in [0, 0.05) is 27.9 Å². The fraction of sp³-hybridized carbons (Fsp3) is 0.154. The maximum absolute atomic E-state index is 12.3. The SMILES string of the molecule is CCNc1ncc(Br)cc1C(=O)Nc1ccc(Br)cn1. The van der Waals surface area contributed by atoms with Crippen molar-refractivity contribution < 1.29 is 4.79 Å². The monoisotopic (exact) mass is 398 g/mol. The van der Waals surface area contributed by atoms with E-state index in [1.807, 2.05) is 13.0 Å². The van der Waals surface area contributed by atoms with Crippen LogP contribution in [-0.4, -0.2) is 22.4 Å². The molecule has 0 aliphatic rings. The van der Waals surface area contributed by atoms with Crippen molar-refractivity contribution in [1.82, 2.24) is 9.97 Å².